The van der Waals surface area contributed by atoms with Gasteiger partial charge in [-0.15, -0.1) is 11.8 Å². The van der Waals surface area contributed by atoms with Crippen LogP contribution >= 0.6 is 11.8 Å². The molecule has 0 spiro atoms. The summed E-state index contributed by atoms with van der Waals surface area (Å²) in [5, 5.41) is -0.346. The zero-order valence-corrected chi connectivity index (χ0v) is 15.5. The third-order valence-electron chi connectivity index (χ3n) is 3.56. The number of carbonyl (C=O) groups excluding carboxylic acids is 1. The lowest BCUT2D eigenvalue weighted by Crippen LogP contribution is -2.17. The number of hydrogen-bond donors (Lipinski definition) is 0. The van der Waals surface area contributed by atoms with E-state index in [0.717, 1.165) is 0 Å². The minimum atomic E-state index is -3.34. The Kier molecular flexibility index (Phi) is 6.07. The second-order valence-corrected chi connectivity index (χ2v) is 8.56. The number of benzene rings is 2. The zero-order chi connectivity index (χ0) is 17.7. The Morgan fingerprint density at radius 3 is 2.29 bits per heavy atom. The molecule has 0 N–H and O–H groups in total. The summed E-state index contributed by atoms with van der Waals surface area (Å²) in [7, 11) is -1.76. The highest BCUT2D eigenvalue weighted by Gasteiger charge is 2.22. The fourth-order valence-electron chi connectivity index (χ4n) is 2.27. The molecule has 0 heterocycles. The van der Waals surface area contributed by atoms with Crippen LogP contribution in [-0.2, 0) is 9.84 Å². The second-order valence-electron chi connectivity index (χ2n) is 5.33. The number of ether oxygens (including phenoxy) is 1. The fraction of sp³-hybridized carbons (Fsp3) is 0.278. The van der Waals surface area contributed by atoms with Crippen LogP contribution < -0.4 is 4.74 Å². The fourth-order valence-corrected chi connectivity index (χ4v) is 4.69. The number of sulfone groups is 1. The first-order valence-corrected chi connectivity index (χ1v) is 10.3. The van der Waals surface area contributed by atoms with E-state index in [4.69, 9.17) is 4.74 Å². The van der Waals surface area contributed by atoms with Crippen molar-refractivity contribution in [2.75, 3.05) is 13.4 Å². The van der Waals surface area contributed by atoms with E-state index < -0.39 is 9.84 Å². The Morgan fingerprint density at radius 2 is 1.75 bits per heavy atom. The molecular weight excluding hydrogens is 344 g/mol. The Bertz CT molecular complexity index is 811. The molecule has 0 radical (unpaired) electrons. The van der Waals surface area contributed by atoms with Gasteiger partial charge in [0.15, 0.2) is 15.6 Å². The van der Waals surface area contributed by atoms with Crippen molar-refractivity contribution in [1.82, 2.24) is 0 Å². The lowest BCUT2D eigenvalue weighted by atomic mass is 10.1. The van der Waals surface area contributed by atoms with E-state index in [-0.39, 0.29) is 15.9 Å². The van der Waals surface area contributed by atoms with Gasteiger partial charge in [0.2, 0.25) is 0 Å². The van der Waals surface area contributed by atoms with E-state index in [1.807, 2.05) is 6.92 Å². The summed E-state index contributed by atoms with van der Waals surface area (Å²) in [6.45, 7) is 1.92. The molecule has 1 atom stereocenters. The topological polar surface area (TPSA) is 60.4 Å². The number of methoxy groups -OCH3 is 1. The van der Waals surface area contributed by atoms with Crippen LogP contribution in [0.15, 0.2) is 58.3 Å². The van der Waals surface area contributed by atoms with Gasteiger partial charge in [-0.05, 0) is 42.8 Å². The number of hydrogen-bond acceptors (Lipinski definition) is 5. The highest BCUT2D eigenvalue weighted by atomic mass is 32.2. The zero-order valence-electron chi connectivity index (χ0n) is 13.9. The van der Waals surface area contributed by atoms with Crippen molar-refractivity contribution in [2.45, 2.75) is 28.4 Å². The van der Waals surface area contributed by atoms with Crippen molar-refractivity contribution in [3.63, 3.8) is 0 Å². The first-order valence-electron chi connectivity index (χ1n) is 7.50. The van der Waals surface area contributed by atoms with Crippen LogP contribution in [0.25, 0.3) is 0 Å². The van der Waals surface area contributed by atoms with Crippen molar-refractivity contribution in [2.24, 2.45) is 0 Å². The Labute approximate surface area is 147 Å². The van der Waals surface area contributed by atoms with Crippen LogP contribution in [0.5, 0.6) is 5.75 Å². The van der Waals surface area contributed by atoms with Gasteiger partial charge in [0.05, 0.1) is 17.3 Å². The van der Waals surface area contributed by atoms with Crippen molar-refractivity contribution >= 4 is 27.4 Å². The molecule has 0 fully saturated rings. The average Bonchev–Trinajstić information content (AvgIpc) is 2.58. The normalized spacial score (nSPS) is 12.6. The molecule has 0 bridgehead atoms. The third kappa shape index (κ3) is 4.39. The van der Waals surface area contributed by atoms with Crippen LogP contribution in [0.2, 0.25) is 0 Å². The molecule has 1 unspecified atom stereocenters. The monoisotopic (exact) mass is 364 g/mol. The number of Topliss-reactive ketones (excluding diaryl/α,β-unsaturated/α-hetero) is 1. The minimum absolute atomic E-state index is 0.0199. The van der Waals surface area contributed by atoms with E-state index >= 15 is 0 Å². The predicted molar refractivity (Wildman–Crippen MR) is 96.8 cm³/mol. The van der Waals surface area contributed by atoms with Crippen LogP contribution in [0.3, 0.4) is 0 Å². The summed E-state index contributed by atoms with van der Waals surface area (Å²) in [6, 6.07) is 13.7. The highest BCUT2D eigenvalue weighted by Crippen LogP contribution is 2.33. The van der Waals surface area contributed by atoms with Crippen molar-refractivity contribution < 1.29 is 17.9 Å². The van der Waals surface area contributed by atoms with Crippen LogP contribution in [0.4, 0.5) is 0 Å². The summed E-state index contributed by atoms with van der Waals surface area (Å²) in [5.41, 5.74) is 0.590. The quantitative estimate of drug-likeness (QED) is 0.552. The van der Waals surface area contributed by atoms with Gasteiger partial charge in [-0.2, -0.15) is 0 Å². The average molecular weight is 364 g/mol. The Morgan fingerprint density at radius 1 is 1.12 bits per heavy atom. The van der Waals surface area contributed by atoms with Crippen molar-refractivity contribution in [1.29, 1.82) is 0 Å². The van der Waals surface area contributed by atoms with Gasteiger partial charge in [0.25, 0.3) is 0 Å². The van der Waals surface area contributed by atoms with E-state index in [2.05, 4.69) is 0 Å². The lowest BCUT2D eigenvalue weighted by molar-refractivity contribution is 0.0988. The molecule has 0 aromatic heterocycles. The summed E-state index contributed by atoms with van der Waals surface area (Å²) >= 11 is 1.30. The summed E-state index contributed by atoms with van der Waals surface area (Å²) in [5.74, 6) is 0.670. The lowest BCUT2D eigenvalue weighted by Gasteiger charge is -2.15. The molecule has 128 valence electrons. The van der Waals surface area contributed by atoms with Crippen LogP contribution in [0.1, 0.15) is 23.7 Å². The number of thioether (sulfide) groups is 1. The molecule has 24 heavy (non-hydrogen) atoms. The minimum Gasteiger partial charge on any atom is -0.497 e. The predicted octanol–water partition coefficient (Wildman–Crippen LogP) is 3.85. The first-order chi connectivity index (χ1) is 11.4. The maximum Gasteiger partial charge on any atom is 0.176 e. The molecule has 0 saturated heterocycles. The molecule has 0 aliphatic rings. The highest BCUT2D eigenvalue weighted by molar-refractivity contribution is 8.01. The van der Waals surface area contributed by atoms with Crippen LogP contribution in [-0.4, -0.2) is 32.8 Å². The second kappa shape index (κ2) is 7.85. The van der Waals surface area contributed by atoms with Crippen LogP contribution in [0, 0.1) is 0 Å². The molecule has 6 heteroatoms. The number of carbonyl (C=O) groups is 1. The largest absolute Gasteiger partial charge is 0.497 e. The van der Waals surface area contributed by atoms with Gasteiger partial charge in [0, 0.05) is 16.7 Å². The van der Waals surface area contributed by atoms with E-state index in [1.165, 1.54) is 18.0 Å². The summed E-state index contributed by atoms with van der Waals surface area (Å²) in [4.78, 5) is 13.6. The maximum absolute atomic E-state index is 12.7. The number of ketones is 1. The third-order valence-corrected chi connectivity index (χ3v) is 6.28. The van der Waals surface area contributed by atoms with E-state index in [9.17, 15) is 13.2 Å². The Hall–Kier alpha value is -1.79. The van der Waals surface area contributed by atoms with Gasteiger partial charge in [-0.25, -0.2) is 8.42 Å². The molecule has 0 amide bonds. The first kappa shape index (κ1) is 18.5. The molecule has 0 aliphatic carbocycles. The molecule has 2 aromatic rings. The summed E-state index contributed by atoms with van der Waals surface area (Å²) < 4.78 is 28.9. The molecular formula is C18H20O4S2. The Balaban J connectivity index is 2.28. The molecule has 2 aromatic carbocycles. The number of rotatable bonds is 7. The van der Waals surface area contributed by atoms with Gasteiger partial charge < -0.3 is 4.74 Å². The van der Waals surface area contributed by atoms with Gasteiger partial charge in [-0.3, -0.25) is 4.79 Å². The van der Waals surface area contributed by atoms with Gasteiger partial charge in [0.1, 0.15) is 5.75 Å². The van der Waals surface area contributed by atoms with Gasteiger partial charge >= 0.3 is 0 Å². The van der Waals surface area contributed by atoms with E-state index in [1.54, 1.807) is 55.6 Å². The van der Waals surface area contributed by atoms with Gasteiger partial charge in [-0.1, -0.05) is 19.1 Å². The maximum atomic E-state index is 12.7. The molecule has 4 nitrogen and oxygen atoms in total. The van der Waals surface area contributed by atoms with E-state index in [0.29, 0.717) is 22.6 Å². The standard InChI is InChI=1S/C18H20O4S2/c1-4-15(18(19)13-9-11-14(22-2)12-10-13)23-16-7-5-6-8-17(16)24(3,20)21/h5-12,15H,4H2,1-3H3. The smallest absolute Gasteiger partial charge is 0.176 e. The SMILES string of the molecule is CCC(Sc1ccccc1S(C)(=O)=O)C(=O)c1ccc(OC)cc1. The molecule has 0 aliphatic heterocycles. The molecule has 0 saturated carbocycles. The van der Waals surface area contributed by atoms with Crippen molar-refractivity contribution in [3.05, 3.63) is 54.1 Å². The van der Waals surface area contributed by atoms with Crippen molar-refractivity contribution in [3.8, 4) is 5.75 Å². The molecule has 2 rings (SSSR count). The summed E-state index contributed by atoms with van der Waals surface area (Å²) in [6.07, 6.45) is 1.78.